The van der Waals surface area contributed by atoms with Gasteiger partial charge in [0.25, 0.3) is 0 Å². The van der Waals surface area contributed by atoms with Crippen LogP contribution in [0.4, 0.5) is 0 Å². The summed E-state index contributed by atoms with van der Waals surface area (Å²) in [5.74, 6) is 1.37. The van der Waals surface area contributed by atoms with Gasteiger partial charge in [0.15, 0.2) is 0 Å². The molecule has 0 aliphatic rings. The Balaban J connectivity index is 3.05. The lowest BCUT2D eigenvalue weighted by molar-refractivity contribution is 0.0895. The van der Waals surface area contributed by atoms with Crippen LogP contribution in [0.5, 0.6) is 5.75 Å². The summed E-state index contributed by atoms with van der Waals surface area (Å²) in [5.41, 5.74) is 0.845. The Morgan fingerprint density at radius 3 is 2.38 bits per heavy atom. The molecule has 2 atom stereocenters. The van der Waals surface area contributed by atoms with Gasteiger partial charge in [-0.1, -0.05) is 36.7 Å². The average Bonchev–Trinajstić information content (AvgIpc) is 2.26. The standard InChI is InChI=1S/C13H19BrO2/c1-8(2)9(3)13(15)11-7-10(14)5-6-12(11)16-4/h5-9,13,15H,1-4H3. The first kappa shape index (κ1) is 13.5. The van der Waals surface area contributed by atoms with Crippen molar-refractivity contribution in [1.29, 1.82) is 0 Å². The monoisotopic (exact) mass is 286 g/mol. The lowest BCUT2D eigenvalue weighted by atomic mass is 9.88. The number of halogens is 1. The molecule has 0 saturated heterocycles. The van der Waals surface area contributed by atoms with Crippen molar-refractivity contribution < 1.29 is 9.84 Å². The fourth-order valence-electron chi connectivity index (χ4n) is 1.58. The van der Waals surface area contributed by atoms with Gasteiger partial charge in [0.2, 0.25) is 0 Å². The van der Waals surface area contributed by atoms with Gasteiger partial charge in [-0.25, -0.2) is 0 Å². The molecule has 1 rings (SSSR count). The normalized spacial score (nSPS) is 14.9. The molecule has 2 nitrogen and oxygen atoms in total. The Morgan fingerprint density at radius 2 is 1.88 bits per heavy atom. The van der Waals surface area contributed by atoms with E-state index >= 15 is 0 Å². The molecule has 0 aliphatic heterocycles. The van der Waals surface area contributed by atoms with Crippen LogP contribution in [0.2, 0.25) is 0 Å². The highest BCUT2D eigenvalue weighted by Crippen LogP contribution is 2.34. The molecule has 0 amide bonds. The van der Waals surface area contributed by atoms with Crippen molar-refractivity contribution in [2.75, 3.05) is 7.11 Å². The van der Waals surface area contributed by atoms with E-state index in [0.717, 1.165) is 15.8 Å². The van der Waals surface area contributed by atoms with E-state index in [4.69, 9.17) is 4.74 Å². The van der Waals surface area contributed by atoms with E-state index in [1.54, 1.807) is 7.11 Å². The Morgan fingerprint density at radius 1 is 1.25 bits per heavy atom. The second-order valence-corrected chi connectivity index (χ2v) is 5.35. The second-order valence-electron chi connectivity index (χ2n) is 4.43. The van der Waals surface area contributed by atoms with Gasteiger partial charge >= 0.3 is 0 Å². The number of rotatable bonds is 4. The van der Waals surface area contributed by atoms with Crippen molar-refractivity contribution in [3.05, 3.63) is 28.2 Å². The zero-order valence-corrected chi connectivity index (χ0v) is 11.8. The molecule has 16 heavy (non-hydrogen) atoms. The average molecular weight is 287 g/mol. The van der Waals surface area contributed by atoms with Crippen molar-refractivity contribution in [3.8, 4) is 5.75 Å². The van der Waals surface area contributed by atoms with Crippen molar-refractivity contribution in [3.63, 3.8) is 0 Å². The molecule has 0 aromatic heterocycles. The fraction of sp³-hybridized carbons (Fsp3) is 0.538. The highest BCUT2D eigenvalue weighted by molar-refractivity contribution is 9.10. The molecule has 3 heteroatoms. The number of ether oxygens (including phenoxy) is 1. The molecule has 0 heterocycles. The summed E-state index contributed by atoms with van der Waals surface area (Å²) in [7, 11) is 1.62. The SMILES string of the molecule is COc1ccc(Br)cc1C(O)C(C)C(C)C. The molecule has 1 aromatic rings. The molecule has 1 aromatic carbocycles. The summed E-state index contributed by atoms with van der Waals surface area (Å²) in [6.07, 6.45) is -0.493. The van der Waals surface area contributed by atoms with Crippen molar-refractivity contribution in [2.24, 2.45) is 11.8 Å². The molecular formula is C13H19BrO2. The van der Waals surface area contributed by atoms with E-state index in [1.807, 2.05) is 18.2 Å². The first-order chi connectivity index (χ1) is 7.47. The summed E-state index contributed by atoms with van der Waals surface area (Å²) < 4.78 is 6.23. The number of aliphatic hydroxyl groups is 1. The topological polar surface area (TPSA) is 29.5 Å². The maximum atomic E-state index is 10.3. The maximum absolute atomic E-state index is 10.3. The minimum atomic E-state index is -0.493. The highest BCUT2D eigenvalue weighted by atomic mass is 79.9. The lowest BCUT2D eigenvalue weighted by Crippen LogP contribution is -2.15. The van der Waals surface area contributed by atoms with E-state index in [9.17, 15) is 5.11 Å². The minimum Gasteiger partial charge on any atom is -0.496 e. The predicted octanol–water partition coefficient (Wildman–Crippen LogP) is 3.78. The van der Waals surface area contributed by atoms with E-state index in [0.29, 0.717) is 5.92 Å². The van der Waals surface area contributed by atoms with E-state index in [1.165, 1.54) is 0 Å². The third-order valence-electron chi connectivity index (χ3n) is 3.06. The zero-order valence-electron chi connectivity index (χ0n) is 10.2. The zero-order chi connectivity index (χ0) is 12.3. The Hall–Kier alpha value is -0.540. The van der Waals surface area contributed by atoms with Crippen LogP contribution in [-0.2, 0) is 0 Å². The Bertz CT molecular complexity index is 350. The number of hydrogen-bond acceptors (Lipinski definition) is 2. The lowest BCUT2D eigenvalue weighted by Gasteiger charge is -2.24. The van der Waals surface area contributed by atoms with Gasteiger partial charge in [-0.15, -0.1) is 0 Å². The highest BCUT2D eigenvalue weighted by Gasteiger charge is 2.22. The van der Waals surface area contributed by atoms with Crippen LogP contribution >= 0.6 is 15.9 Å². The molecule has 0 aliphatic carbocycles. The van der Waals surface area contributed by atoms with Gasteiger partial charge in [0.1, 0.15) is 5.75 Å². The van der Waals surface area contributed by atoms with Crippen molar-refractivity contribution in [1.82, 2.24) is 0 Å². The molecule has 0 fully saturated rings. The van der Waals surface area contributed by atoms with Crippen LogP contribution in [0, 0.1) is 11.8 Å². The number of aliphatic hydroxyl groups excluding tert-OH is 1. The van der Waals surface area contributed by atoms with Crippen molar-refractivity contribution >= 4 is 15.9 Å². The number of benzene rings is 1. The molecule has 0 radical (unpaired) electrons. The van der Waals surface area contributed by atoms with Crippen LogP contribution < -0.4 is 4.74 Å². The third-order valence-corrected chi connectivity index (χ3v) is 3.55. The summed E-state index contributed by atoms with van der Waals surface area (Å²) >= 11 is 3.41. The fourth-order valence-corrected chi connectivity index (χ4v) is 1.96. The third kappa shape index (κ3) is 2.98. The van der Waals surface area contributed by atoms with Gasteiger partial charge in [-0.3, -0.25) is 0 Å². The van der Waals surface area contributed by atoms with Gasteiger partial charge in [0.05, 0.1) is 13.2 Å². The molecule has 90 valence electrons. The Kier molecular flexibility index (Phi) is 4.81. The maximum Gasteiger partial charge on any atom is 0.124 e. The molecule has 1 N–H and O–H groups in total. The van der Waals surface area contributed by atoms with Crippen LogP contribution in [0.15, 0.2) is 22.7 Å². The van der Waals surface area contributed by atoms with Gasteiger partial charge < -0.3 is 9.84 Å². The first-order valence-corrected chi connectivity index (χ1v) is 6.28. The molecule has 0 spiro atoms. The predicted molar refractivity (Wildman–Crippen MR) is 69.7 cm³/mol. The number of hydrogen-bond donors (Lipinski definition) is 1. The first-order valence-electron chi connectivity index (χ1n) is 5.48. The summed E-state index contributed by atoms with van der Waals surface area (Å²) in [4.78, 5) is 0. The summed E-state index contributed by atoms with van der Waals surface area (Å²) in [6, 6.07) is 5.70. The van der Waals surface area contributed by atoms with Crippen molar-refractivity contribution in [2.45, 2.75) is 26.9 Å². The molecule has 0 bridgehead atoms. The summed E-state index contributed by atoms with van der Waals surface area (Å²) in [5, 5.41) is 10.3. The molecular weight excluding hydrogens is 268 g/mol. The van der Waals surface area contributed by atoms with Gasteiger partial charge in [-0.05, 0) is 30.0 Å². The van der Waals surface area contributed by atoms with Crippen LogP contribution in [0.3, 0.4) is 0 Å². The van der Waals surface area contributed by atoms with Crippen LogP contribution in [0.25, 0.3) is 0 Å². The van der Waals surface area contributed by atoms with Crippen LogP contribution in [-0.4, -0.2) is 12.2 Å². The minimum absolute atomic E-state index is 0.197. The van der Waals surface area contributed by atoms with Crippen LogP contribution in [0.1, 0.15) is 32.4 Å². The van der Waals surface area contributed by atoms with E-state index in [2.05, 4.69) is 36.7 Å². The van der Waals surface area contributed by atoms with Gasteiger partial charge in [0, 0.05) is 10.0 Å². The Labute approximate surface area is 106 Å². The quantitative estimate of drug-likeness (QED) is 0.913. The summed E-state index contributed by atoms with van der Waals surface area (Å²) in [6.45, 7) is 6.27. The van der Waals surface area contributed by atoms with E-state index < -0.39 is 6.10 Å². The largest absolute Gasteiger partial charge is 0.496 e. The van der Waals surface area contributed by atoms with Gasteiger partial charge in [-0.2, -0.15) is 0 Å². The van der Waals surface area contributed by atoms with E-state index in [-0.39, 0.29) is 5.92 Å². The molecule has 0 saturated carbocycles. The second kappa shape index (κ2) is 5.69. The smallest absolute Gasteiger partial charge is 0.124 e. The molecule has 2 unspecified atom stereocenters. The number of methoxy groups -OCH3 is 1.